The van der Waals surface area contributed by atoms with Gasteiger partial charge in [-0.05, 0) is 30.7 Å². The van der Waals surface area contributed by atoms with Crippen LogP contribution in [0, 0.1) is 6.92 Å². The molecule has 0 aliphatic carbocycles. The van der Waals surface area contributed by atoms with Crippen LogP contribution in [0.5, 0.6) is 0 Å². The molecule has 3 rings (SSSR count). The fourth-order valence-corrected chi connectivity index (χ4v) is 3.16. The highest BCUT2D eigenvalue weighted by Gasteiger charge is 2.14. The van der Waals surface area contributed by atoms with Crippen molar-refractivity contribution in [3.05, 3.63) is 56.4 Å². The number of halogens is 3. The second-order valence-electron chi connectivity index (χ2n) is 4.76. The van der Waals surface area contributed by atoms with Gasteiger partial charge in [0.05, 0.1) is 21.3 Å². The SMILES string of the molecule is Cc1nc(Cl)ncc1C(=O)Nc1csc(-c2ccc(Cl)c(Cl)c2)n1. The fourth-order valence-electron chi connectivity index (χ4n) is 1.94. The first-order valence-corrected chi connectivity index (χ1v) is 8.67. The van der Waals surface area contributed by atoms with E-state index in [-0.39, 0.29) is 11.2 Å². The largest absolute Gasteiger partial charge is 0.306 e. The van der Waals surface area contributed by atoms with E-state index in [1.54, 1.807) is 24.4 Å². The number of hydrogen-bond acceptors (Lipinski definition) is 5. The van der Waals surface area contributed by atoms with Gasteiger partial charge < -0.3 is 5.32 Å². The van der Waals surface area contributed by atoms with Crippen LogP contribution >= 0.6 is 46.1 Å². The van der Waals surface area contributed by atoms with E-state index in [9.17, 15) is 4.79 Å². The van der Waals surface area contributed by atoms with Gasteiger partial charge in [0.1, 0.15) is 10.8 Å². The Morgan fingerprint density at radius 2 is 1.96 bits per heavy atom. The normalized spacial score (nSPS) is 10.7. The summed E-state index contributed by atoms with van der Waals surface area (Å²) in [6.07, 6.45) is 1.38. The molecule has 2 heterocycles. The van der Waals surface area contributed by atoms with Crippen molar-refractivity contribution in [3.63, 3.8) is 0 Å². The molecule has 1 amide bonds. The fraction of sp³-hybridized carbons (Fsp3) is 0.0667. The third-order valence-corrected chi connectivity index (χ3v) is 4.92. The highest BCUT2D eigenvalue weighted by atomic mass is 35.5. The van der Waals surface area contributed by atoms with Crippen molar-refractivity contribution in [2.24, 2.45) is 0 Å². The highest BCUT2D eigenvalue weighted by Crippen LogP contribution is 2.31. The molecule has 0 saturated heterocycles. The summed E-state index contributed by atoms with van der Waals surface area (Å²) in [6.45, 7) is 1.69. The molecule has 5 nitrogen and oxygen atoms in total. The van der Waals surface area contributed by atoms with Gasteiger partial charge in [-0.25, -0.2) is 15.0 Å². The summed E-state index contributed by atoms with van der Waals surface area (Å²) in [5, 5.41) is 6.19. The summed E-state index contributed by atoms with van der Waals surface area (Å²) in [5.74, 6) is 0.0792. The van der Waals surface area contributed by atoms with E-state index in [0.717, 1.165) is 5.56 Å². The number of hydrogen-bond donors (Lipinski definition) is 1. The summed E-state index contributed by atoms with van der Waals surface area (Å²) in [7, 11) is 0. The molecule has 3 aromatic rings. The summed E-state index contributed by atoms with van der Waals surface area (Å²) in [5.41, 5.74) is 1.65. The summed E-state index contributed by atoms with van der Waals surface area (Å²) in [6, 6.07) is 5.24. The minimum atomic E-state index is -0.352. The quantitative estimate of drug-likeness (QED) is 0.621. The predicted molar refractivity (Wildman–Crippen MR) is 97.3 cm³/mol. The van der Waals surface area contributed by atoms with E-state index >= 15 is 0 Å². The monoisotopic (exact) mass is 398 g/mol. The zero-order valence-corrected chi connectivity index (χ0v) is 15.3. The molecule has 122 valence electrons. The highest BCUT2D eigenvalue weighted by molar-refractivity contribution is 7.13. The second-order valence-corrected chi connectivity index (χ2v) is 6.77. The van der Waals surface area contributed by atoms with E-state index in [2.05, 4.69) is 20.3 Å². The van der Waals surface area contributed by atoms with E-state index < -0.39 is 0 Å². The average molecular weight is 400 g/mol. The molecule has 2 aromatic heterocycles. The molecule has 0 bridgehead atoms. The number of carbonyl (C=O) groups is 1. The third kappa shape index (κ3) is 3.67. The lowest BCUT2D eigenvalue weighted by atomic mass is 10.2. The maximum Gasteiger partial charge on any atom is 0.260 e. The van der Waals surface area contributed by atoms with Crippen LogP contribution in [0.4, 0.5) is 5.82 Å². The lowest BCUT2D eigenvalue weighted by molar-refractivity contribution is 0.102. The van der Waals surface area contributed by atoms with Crippen LogP contribution in [0.25, 0.3) is 10.6 Å². The maximum atomic E-state index is 12.3. The Labute approximate surface area is 156 Å². The van der Waals surface area contributed by atoms with Gasteiger partial charge in [-0.15, -0.1) is 11.3 Å². The number of anilines is 1. The minimum Gasteiger partial charge on any atom is -0.306 e. The second kappa shape index (κ2) is 7.03. The van der Waals surface area contributed by atoms with Crippen molar-refractivity contribution in [2.75, 3.05) is 5.32 Å². The molecule has 0 aliphatic heterocycles. The molecule has 0 fully saturated rings. The summed E-state index contributed by atoms with van der Waals surface area (Å²) >= 11 is 19.0. The topological polar surface area (TPSA) is 67.8 Å². The molecule has 1 aromatic carbocycles. The van der Waals surface area contributed by atoms with E-state index in [1.165, 1.54) is 17.5 Å². The van der Waals surface area contributed by atoms with Crippen molar-refractivity contribution in [1.29, 1.82) is 0 Å². The molecule has 0 radical (unpaired) electrons. The van der Waals surface area contributed by atoms with Gasteiger partial charge in [0.2, 0.25) is 5.28 Å². The Morgan fingerprint density at radius 3 is 2.67 bits per heavy atom. The zero-order chi connectivity index (χ0) is 17.3. The number of aryl methyl sites for hydroxylation is 1. The lowest BCUT2D eigenvalue weighted by Crippen LogP contribution is -2.14. The molecule has 9 heteroatoms. The number of nitrogens with one attached hydrogen (secondary N) is 1. The van der Waals surface area contributed by atoms with Gasteiger partial charge in [-0.2, -0.15) is 0 Å². The Hall–Kier alpha value is -1.73. The molecular weight excluding hydrogens is 391 g/mol. The first-order valence-electron chi connectivity index (χ1n) is 6.65. The molecule has 0 atom stereocenters. The van der Waals surface area contributed by atoms with Crippen molar-refractivity contribution >= 4 is 57.9 Å². The first kappa shape index (κ1) is 17.1. The predicted octanol–water partition coefficient (Wildman–Crippen LogP) is 5.12. The first-order chi connectivity index (χ1) is 11.4. The Morgan fingerprint density at radius 1 is 1.17 bits per heavy atom. The van der Waals surface area contributed by atoms with Gasteiger partial charge in [0.15, 0.2) is 0 Å². The Kier molecular flexibility index (Phi) is 5.01. The Bertz CT molecular complexity index is 929. The van der Waals surface area contributed by atoms with Crippen LogP contribution in [0.3, 0.4) is 0 Å². The van der Waals surface area contributed by atoms with Crippen LogP contribution in [0.1, 0.15) is 16.1 Å². The lowest BCUT2D eigenvalue weighted by Gasteiger charge is -2.04. The van der Waals surface area contributed by atoms with Crippen molar-refractivity contribution in [3.8, 4) is 10.6 Å². The van der Waals surface area contributed by atoms with Gasteiger partial charge in [-0.3, -0.25) is 4.79 Å². The van der Waals surface area contributed by atoms with Crippen LogP contribution in [0.15, 0.2) is 29.8 Å². The number of thiazole rings is 1. The zero-order valence-electron chi connectivity index (χ0n) is 12.2. The standard InChI is InChI=1S/C15H9Cl3N4OS/c1-7-9(5-19-15(18)20-7)13(23)21-12-6-24-14(22-12)8-2-3-10(16)11(17)4-8/h2-6H,1H3,(H,21,23). The van der Waals surface area contributed by atoms with E-state index in [4.69, 9.17) is 34.8 Å². The van der Waals surface area contributed by atoms with Gasteiger partial charge in [-0.1, -0.05) is 29.3 Å². The molecule has 0 aliphatic rings. The van der Waals surface area contributed by atoms with E-state index in [0.29, 0.717) is 32.1 Å². The molecular formula is C15H9Cl3N4OS. The number of rotatable bonds is 3. The summed E-state index contributed by atoms with van der Waals surface area (Å²) < 4.78 is 0. The maximum absolute atomic E-state index is 12.3. The van der Waals surface area contributed by atoms with Crippen LogP contribution in [-0.4, -0.2) is 20.9 Å². The van der Waals surface area contributed by atoms with Crippen LogP contribution in [-0.2, 0) is 0 Å². The average Bonchev–Trinajstić information content (AvgIpc) is 2.98. The Balaban J connectivity index is 1.80. The number of aromatic nitrogens is 3. The number of amides is 1. The van der Waals surface area contributed by atoms with Gasteiger partial charge in [0, 0.05) is 17.1 Å². The number of benzene rings is 1. The summed E-state index contributed by atoms with van der Waals surface area (Å²) in [4.78, 5) is 24.4. The van der Waals surface area contributed by atoms with Gasteiger partial charge >= 0.3 is 0 Å². The van der Waals surface area contributed by atoms with Crippen molar-refractivity contribution in [1.82, 2.24) is 15.0 Å². The minimum absolute atomic E-state index is 0.0969. The number of nitrogens with zero attached hydrogens (tertiary/aromatic N) is 3. The van der Waals surface area contributed by atoms with Crippen LogP contribution < -0.4 is 5.32 Å². The molecule has 24 heavy (non-hydrogen) atoms. The van der Waals surface area contributed by atoms with Crippen LogP contribution in [0.2, 0.25) is 15.3 Å². The molecule has 0 saturated carbocycles. The molecule has 0 unspecified atom stereocenters. The molecule has 0 spiro atoms. The number of carbonyl (C=O) groups excluding carboxylic acids is 1. The van der Waals surface area contributed by atoms with E-state index in [1.807, 2.05) is 6.07 Å². The third-order valence-electron chi connectivity index (χ3n) is 3.11. The molecule has 1 N–H and O–H groups in total. The van der Waals surface area contributed by atoms with Gasteiger partial charge in [0.25, 0.3) is 5.91 Å². The van der Waals surface area contributed by atoms with Crippen molar-refractivity contribution < 1.29 is 4.79 Å². The van der Waals surface area contributed by atoms with Crippen molar-refractivity contribution in [2.45, 2.75) is 6.92 Å². The smallest absolute Gasteiger partial charge is 0.260 e.